The minimum Gasteiger partial charge on any atom is -0.496 e. The zero-order valence-electron chi connectivity index (χ0n) is 14.6. The molecule has 0 heterocycles. The maximum absolute atomic E-state index is 9.85. The lowest BCUT2D eigenvalue weighted by molar-refractivity contribution is 0.158. The zero-order valence-corrected chi connectivity index (χ0v) is 14.6. The lowest BCUT2D eigenvalue weighted by Crippen LogP contribution is -2.30. The normalized spacial score (nSPS) is 29.3. The first-order valence-corrected chi connectivity index (χ1v) is 9.08. The monoisotopic (exact) mass is 325 g/mol. The van der Waals surface area contributed by atoms with Crippen molar-refractivity contribution < 1.29 is 9.84 Å². The standard InChI is InChI=1S/C21H27NO2/c1-22(17-9-15-11-18(23)12-16(15)10-17)13-20-19-6-4-3-5-14(19)7-8-21(20)24-2/h3-8,15-18,23H,9-13H2,1-2H3/t15-,16+,17?,18?. The second-order valence-electron chi connectivity index (χ2n) is 7.65. The van der Waals surface area contributed by atoms with Crippen LogP contribution >= 0.6 is 0 Å². The number of methoxy groups -OCH3 is 1. The van der Waals surface area contributed by atoms with Crippen LogP contribution in [0.3, 0.4) is 0 Å². The number of hydrogen-bond acceptors (Lipinski definition) is 3. The highest BCUT2D eigenvalue weighted by Gasteiger charge is 2.42. The Morgan fingerprint density at radius 3 is 2.46 bits per heavy atom. The average molecular weight is 325 g/mol. The third-order valence-electron chi connectivity index (χ3n) is 6.21. The quantitative estimate of drug-likeness (QED) is 0.927. The van der Waals surface area contributed by atoms with Gasteiger partial charge in [-0.25, -0.2) is 0 Å². The van der Waals surface area contributed by atoms with Gasteiger partial charge in [-0.3, -0.25) is 4.90 Å². The molecule has 2 fully saturated rings. The lowest BCUT2D eigenvalue weighted by atomic mass is 10.0. The molecule has 0 aromatic heterocycles. The van der Waals surface area contributed by atoms with Gasteiger partial charge >= 0.3 is 0 Å². The van der Waals surface area contributed by atoms with E-state index in [1.54, 1.807) is 7.11 Å². The van der Waals surface area contributed by atoms with E-state index in [1.165, 1.54) is 29.2 Å². The molecule has 2 aromatic rings. The van der Waals surface area contributed by atoms with Gasteiger partial charge in [0, 0.05) is 18.2 Å². The number of nitrogens with zero attached hydrogens (tertiary/aromatic N) is 1. The molecule has 0 bridgehead atoms. The molecule has 2 aromatic carbocycles. The highest BCUT2D eigenvalue weighted by atomic mass is 16.5. The van der Waals surface area contributed by atoms with Gasteiger partial charge in [-0.15, -0.1) is 0 Å². The van der Waals surface area contributed by atoms with Gasteiger partial charge in [-0.1, -0.05) is 30.3 Å². The fourth-order valence-corrected chi connectivity index (χ4v) is 4.96. The zero-order chi connectivity index (χ0) is 16.7. The molecule has 2 aliphatic carbocycles. The van der Waals surface area contributed by atoms with Crippen molar-refractivity contribution >= 4 is 10.8 Å². The molecule has 0 aliphatic heterocycles. The van der Waals surface area contributed by atoms with Crippen molar-refractivity contribution in [3.63, 3.8) is 0 Å². The van der Waals surface area contributed by atoms with E-state index in [2.05, 4.69) is 48.3 Å². The number of fused-ring (bicyclic) bond motifs is 2. The van der Waals surface area contributed by atoms with Crippen LogP contribution in [0.15, 0.2) is 36.4 Å². The number of benzene rings is 2. The maximum atomic E-state index is 9.85. The summed E-state index contributed by atoms with van der Waals surface area (Å²) in [6.45, 7) is 0.914. The number of ether oxygens (including phenoxy) is 1. The van der Waals surface area contributed by atoms with Gasteiger partial charge in [-0.05, 0) is 61.4 Å². The van der Waals surface area contributed by atoms with E-state index >= 15 is 0 Å². The molecule has 0 amide bonds. The largest absolute Gasteiger partial charge is 0.496 e. The smallest absolute Gasteiger partial charge is 0.123 e. The van der Waals surface area contributed by atoms with E-state index < -0.39 is 0 Å². The number of hydrogen-bond donors (Lipinski definition) is 1. The molecule has 128 valence electrons. The Balaban J connectivity index is 1.56. The molecule has 1 N–H and O–H groups in total. The molecule has 0 radical (unpaired) electrons. The van der Waals surface area contributed by atoms with Crippen molar-refractivity contribution in [1.29, 1.82) is 0 Å². The molecule has 0 saturated heterocycles. The predicted molar refractivity (Wildman–Crippen MR) is 97.2 cm³/mol. The maximum Gasteiger partial charge on any atom is 0.123 e. The summed E-state index contributed by atoms with van der Waals surface area (Å²) in [5.74, 6) is 2.43. The molecule has 0 spiro atoms. The summed E-state index contributed by atoms with van der Waals surface area (Å²) in [5, 5.41) is 12.4. The molecular formula is C21H27NO2. The van der Waals surface area contributed by atoms with Crippen LogP contribution in [0.5, 0.6) is 5.75 Å². The summed E-state index contributed by atoms with van der Waals surface area (Å²) < 4.78 is 5.65. The first-order valence-electron chi connectivity index (χ1n) is 9.08. The summed E-state index contributed by atoms with van der Waals surface area (Å²) in [5.41, 5.74) is 1.29. The first-order chi connectivity index (χ1) is 11.7. The highest BCUT2D eigenvalue weighted by molar-refractivity contribution is 5.87. The van der Waals surface area contributed by atoms with Gasteiger partial charge in [0.15, 0.2) is 0 Å². The van der Waals surface area contributed by atoms with E-state index in [9.17, 15) is 5.11 Å². The molecule has 2 aliphatic rings. The number of aliphatic hydroxyl groups excluding tert-OH is 1. The van der Waals surface area contributed by atoms with Gasteiger partial charge in [0.05, 0.1) is 13.2 Å². The van der Waals surface area contributed by atoms with Crippen LogP contribution in [0.2, 0.25) is 0 Å². The number of aliphatic hydroxyl groups is 1. The second-order valence-corrected chi connectivity index (χ2v) is 7.65. The molecule has 3 heteroatoms. The summed E-state index contributed by atoms with van der Waals surface area (Å²) in [4.78, 5) is 2.50. The fraction of sp³-hybridized carbons (Fsp3) is 0.524. The van der Waals surface area contributed by atoms with E-state index in [0.717, 1.165) is 37.0 Å². The number of rotatable bonds is 4. The van der Waals surface area contributed by atoms with Crippen LogP contribution in [0.1, 0.15) is 31.2 Å². The van der Waals surface area contributed by atoms with Crippen molar-refractivity contribution in [2.45, 2.75) is 44.4 Å². The van der Waals surface area contributed by atoms with Crippen molar-refractivity contribution in [2.24, 2.45) is 11.8 Å². The first kappa shape index (κ1) is 15.9. The topological polar surface area (TPSA) is 32.7 Å². The minimum absolute atomic E-state index is 0.0515. The van der Waals surface area contributed by atoms with Gasteiger partial charge in [-0.2, -0.15) is 0 Å². The van der Waals surface area contributed by atoms with Crippen LogP contribution in [-0.2, 0) is 6.54 Å². The van der Waals surface area contributed by atoms with E-state index in [-0.39, 0.29) is 6.10 Å². The van der Waals surface area contributed by atoms with Crippen LogP contribution < -0.4 is 4.74 Å². The van der Waals surface area contributed by atoms with Gasteiger partial charge < -0.3 is 9.84 Å². The summed E-state index contributed by atoms with van der Waals surface area (Å²) in [6, 6.07) is 13.4. The highest BCUT2D eigenvalue weighted by Crippen LogP contribution is 2.46. The summed E-state index contributed by atoms with van der Waals surface area (Å²) in [6.07, 6.45) is 4.42. The Hall–Kier alpha value is -1.58. The SMILES string of the molecule is COc1ccc2ccccc2c1CN(C)C1C[C@H]2CC(O)C[C@H]2C1. The fourth-order valence-electron chi connectivity index (χ4n) is 4.96. The van der Waals surface area contributed by atoms with Gasteiger partial charge in [0.1, 0.15) is 5.75 Å². The minimum atomic E-state index is -0.0515. The van der Waals surface area contributed by atoms with E-state index in [0.29, 0.717) is 6.04 Å². The molecule has 4 atom stereocenters. The summed E-state index contributed by atoms with van der Waals surface area (Å²) >= 11 is 0. The Morgan fingerprint density at radius 2 is 1.75 bits per heavy atom. The second kappa shape index (κ2) is 6.38. The lowest BCUT2D eigenvalue weighted by Gasteiger charge is -2.27. The van der Waals surface area contributed by atoms with Crippen molar-refractivity contribution in [3.8, 4) is 5.75 Å². The van der Waals surface area contributed by atoms with Gasteiger partial charge in [0.2, 0.25) is 0 Å². The molecule has 24 heavy (non-hydrogen) atoms. The van der Waals surface area contributed by atoms with Crippen LogP contribution in [0.25, 0.3) is 10.8 Å². The van der Waals surface area contributed by atoms with Crippen molar-refractivity contribution in [1.82, 2.24) is 4.90 Å². The molecular weight excluding hydrogens is 298 g/mol. The van der Waals surface area contributed by atoms with E-state index in [1.807, 2.05) is 0 Å². The van der Waals surface area contributed by atoms with Crippen LogP contribution in [0, 0.1) is 11.8 Å². The third-order valence-corrected chi connectivity index (χ3v) is 6.21. The van der Waals surface area contributed by atoms with Crippen molar-refractivity contribution in [3.05, 3.63) is 42.0 Å². The summed E-state index contributed by atoms with van der Waals surface area (Å²) in [7, 11) is 4.00. The van der Waals surface area contributed by atoms with Crippen molar-refractivity contribution in [2.75, 3.05) is 14.2 Å². The predicted octanol–water partition coefficient (Wildman–Crippen LogP) is 3.83. The Labute approximate surface area is 144 Å². The molecule has 4 rings (SSSR count). The van der Waals surface area contributed by atoms with Crippen LogP contribution in [-0.4, -0.2) is 36.3 Å². The molecule has 3 nitrogen and oxygen atoms in total. The Morgan fingerprint density at radius 1 is 1.04 bits per heavy atom. The van der Waals surface area contributed by atoms with Crippen LogP contribution in [0.4, 0.5) is 0 Å². The third kappa shape index (κ3) is 2.80. The average Bonchev–Trinajstić information content (AvgIpc) is 3.12. The van der Waals surface area contributed by atoms with Gasteiger partial charge in [0.25, 0.3) is 0 Å². The Kier molecular flexibility index (Phi) is 4.23. The Bertz CT molecular complexity index is 715. The molecule has 2 saturated carbocycles. The molecule has 2 unspecified atom stereocenters. The van der Waals surface area contributed by atoms with E-state index in [4.69, 9.17) is 4.74 Å².